The standard InChI is InChI=1S/C31H37ClN2O4S2/c1-4-5-12-29(31(21-9-22-31)26-15-17-27(32)18-16-26)33-39(35)38-30(25-10-7-6-8-11-25)24(3)34-40(36,37)28-19-13-23(2)14-20-28/h6-8,10-11,13-20,24,30,34H,4-5,9,12,21-22H2,1-3H3/b33-29+/t24-,30-,39?/m1/s1. The van der Waals surface area contributed by atoms with Crippen molar-refractivity contribution in [1.29, 1.82) is 0 Å². The number of hydrogen-bond acceptors (Lipinski definition) is 5. The average molecular weight is 601 g/mol. The van der Waals surface area contributed by atoms with Crippen molar-refractivity contribution in [3.63, 3.8) is 0 Å². The predicted molar refractivity (Wildman–Crippen MR) is 163 cm³/mol. The van der Waals surface area contributed by atoms with E-state index in [2.05, 4.69) is 16.0 Å². The van der Waals surface area contributed by atoms with Crippen molar-refractivity contribution in [2.75, 3.05) is 0 Å². The summed E-state index contributed by atoms with van der Waals surface area (Å²) in [5, 5.41) is 0.671. The van der Waals surface area contributed by atoms with Crippen LogP contribution in [0, 0.1) is 6.92 Å². The first-order valence-electron chi connectivity index (χ1n) is 13.7. The van der Waals surface area contributed by atoms with Crippen LogP contribution >= 0.6 is 11.6 Å². The predicted octanol–water partition coefficient (Wildman–Crippen LogP) is 7.40. The molecule has 4 rings (SSSR count). The first kappa shape index (κ1) is 30.8. The third kappa shape index (κ3) is 7.35. The van der Waals surface area contributed by atoms with Crippen molar-refractivity contribution in [2.45, 2.75) is 81.8 Å². The molecule has 40 heavy (non-hydrogen) atoms. The van der Waals surface area contributed by atoms with E-state index in [0.29, 0.717) is 17.0 Å². The van der Waals surface area contributed by atoms with Gasteiger partial charge in [-0.25, -0.2) is 13.1 Å². The average Bonchev–Trinajstić information content (AvgIpc) is 2.91. The van der Waals surface area contributed by atoms with Gasteiger partial charge in [-0.15, -0.1) is 4.18 Å². The van der Waals surface area contributed by atoms with Crippen molar-refractivity contribution in [2.24, 2.45) is 4.40 Å². The molecule has 0 saturated heterocycles. The van der Waals surface area contributed by atoms with Gasteiger partial charge in [-0.2, -0.15) is 0 Å². The molecule has 0 spiro atoms. The van der Waals surface area contributed by atoms with Crippen LogP contribution in [0.15, 0.2) is 88.2 Å². The second-order valence-corrected chi connectivity index (χ2v) is 13.4. The summed E-state index contributed by atoms with van der Waals surface area (Å²) in [6.45, 7) is 5.73. The molecule has 3 aromatic carbocycles. The smallest absolute Gasteiger partial charge is 0.271 e. The summed E-state index contributed by atoms with van der Waals surface area (Å²) in [6, 6.07) is 23.0. The number of rotatable bonds is 13. The fraction of sp³-hybridized carbons (Fsp3) is 0.387. The van der Waals surface area contributed by atoms with Gasteiger partial charge < -0.3 is 4.55 Å². The highest BCUT2D eigenvalue weighted by molar-refractivity contribution is 7.89. The van der Waals surface area contributed by atoms with Crippen molar-refractivity contribution in [3.05, 3.63) is 101 Å². The van der Waals surface area contributed by atoms with E-state index < -0.39 is 33.8 Å². The zero-order valence-electron chi connectivity index (χ0n) is 23.2. The lowest BCUT2D eigenvalue weighted by Gasteiger charge is -2.43. The minimum atomic E-state index is -3.83. The molecule has 9 heteroatoms. The molecule has 0 bridgehead atoms. The molecule has 1 unspecified atom stereocenters. The number of nitrogens with zero attached hydrogens (tertiary/aromatic N) is 1. The second kappa shape index (κ2) is 13.6. The lowest BCUT2D eigenvalue weighted by Crippen LogP contribution is -2.43. The lowest BCUT2D eigenvalue weighted by molar-refractivity contribution is 0.180. The van der Waals surface area contributed by atoms with Crippen LogP contribution in [0.1, 0.15) is 75.2 Å². The molecule has 1 aliphatic rings. The number of hydrogen-bond donors (Lipinski definition) is 1. The summed E-state index contributed by atoms with van der Waals surface area (Å²) < 4.78 is 53.3. The van der Waals surface area contributed by atoms with Gasteiger partial charge in [-0.3, -0.25) is 0 Å². The van der Waals surface area contributed by atoms with Crippen LogP contribution in [0.5, 0.6) is 0 Å². The van der Waals surface area contributed by atoms with Crippen molar-refractivity contribution >= 4 is 39.0 Å². The minimum Gasteiger partial charge on any atom is -0.559 e. The summed E-state index contributed by atoms with van der Waals surface area (Å²) in [7, 11) is -3.83. The Bertz CT molecular complexity index is 1380. The van der Waals surface area contributed by atoms with E-state index in [1.807, 2.05) is 61.5 Å². The Hall–Kier alpha value is -2.20. The highest BCUT2D eigenvalue weighted by Gasteiger charge is 2.45. The maximum absolute atomic E-state index is 13.6. The van der Waals surface area contributed by atoms with E-state index >= 15 is 0 Å². The van der Waals surface area contributed by atoms with E-state index in [9.17, 15) is 13.0 Å². The number of sulfonamides is 1. The van der Waals surface area contributed by atoms with Crippen LogP contribution in [-0.4, -0.2) is 24.7 Å². The molecule has 0 radical (unpaired) electrons. The number of benzene rings is 3. The van der Waals surface area contributed by atoms with E-state index in [1.165, 1.54) is 0 Å². The zero-order chi connectivity index (χ0) is 28.8. The first-order valence-corrected chi connectivity index (χ1v) is 16.6. The van der Waals surface area contributed by atoms with Crippen molar-refractivity contribution < 1.29 is 17.2 Å². The molecule has 1 aliphatic carbocycles. The highest BCUT2D eigenvalue weighted by atomic mass is 35.5. The normalized spacial score (nSPS) is 17.6. The number of halogens is 1. The molecule has 1 N–H and O–H groups in total. The van der Waals surface area contributed by atoms with E-state index in [4.69, 9.17) is 15.8 Å². The maximum Gasteiger partial charge on any atom is 0.271 e. The SMILES string of the molecule is CCCC/C(=N\[S+]([O-])O[C@@H](c1ccccc1)[C@@H](C)NS(=O)(=O)c1ccc(C)cc1)C1(c2ccc(Cl)cc2)CCC1. The Balaban J connectivity index is 1.62. The third-order valence-electron chi connectivity index (χ3n) is 7.55. The summed E-state index contributed by atoms with van der Waals surface area (Å²) in [5.74, 6) is 0. The van der Waals surface area contributed by atoms with Crippen LogP contribution < -0.4 is 4.72 Å². The molecular weight excluding hydrogens is 564 g/mol. The number of unbranched alkanes of at least 4 members (excludes halogenated alkanes) is 1. The van der Waals surface area contributed by atoms with Gasteiger partial charge in [0.25, 0.3) is 11.6 Å². The molecular formula is C31H37ClN2O4S2. The molecule has 0 aromatic heterocycles. The van der Waals surface area contributed by atoms with Gasteiger partial charge in [-0.1, -0.05) is 91.5 Å². The molecule has 0 aliphatic heterocycles. The largest absolute Gasteiger partial charge is 0.559 e. The molecule has 214 valence electrons. The van der Waals surface area contributed by atoms with Crippen LogP contribution in [0.4, 0.5) is 0 Å². The Labute approximate surface area is 246 Å². The summed E-state index contributed by atoms with van der Waals surface area (Å²) in [6.07, 6.45) is 4.68. The Morgan fingerprint density at radius 2 is 1.73 bits per heavy atom. The van der Waals surface area contributed by atoms with Gasteiger partial charge in [0.2, 0.25) is 10.0 Å². The first-order chi connectivity index (χ1) is 19.1. The van der Waals surface area contributed by atoms with Gasteiger partial charge in [0, 0.05) is 10.4 Å². The Morgan fingerprint density at radius 3 is 2.30 bits per heavy atom. The summed E-state index contributed by atoms with van der Waals surface area (Å²) in [5.41, 5.74) is 3.36. The molecule has 1 saturated carbocycles. The molecule has 6 nitrogen and oxygen atoms in total. The van der Waals surface area contributed by atoms with Crippen LogP contribution in [0.2, 0.25) is 5.02 Å². The lowest BCUT2D eigenvalue weighted by atomic mass is 9.61. The molecule has 3 aromatic rings. The quantitative estimate of drug-likeness (QED) is 0.163. The maximum atomic E-state index is 13.6. The van der Waals surface area contributed by atoms with E-state index in [-0.39, 0.29) is 10.3 Å². The van der Waals surface area contributed by atoms with Gasteiger partial charge in [-0.05, 0) is 79.3 Å². The summed E-state index contributed by atoms with van der Waals surface area (Å²) >= 11 is 4.11. The number of nitrogens with one attached hydrogen (secondary N) is 1. The Kier molecular flexibility index (Phi) is 10.5. The number of aryl methyl sites for hydroxylation is 1. The second-order valence-electron chi connectivity index (χ2n) is 10.5. The summed E-state index contributed by atoms with van der Waals surface area (Å²) in [4.78, 5) is 0.160. The van der Waals surface area contributed by atoms with Gasteiger partial charge >= 0.3 is 0 Å². The van der Waals surface area contributed by atoms with Crippen LogP contribution in [0.3, 0.4) is 0 Å². The van der Waals surface area contributed by atoms with Crippen molar-refractivity contribution in [1.82, 2.24) is 4.72 Å². The van der Waals surface area contributed by atoms with Crippen molar-refractivity contribution in [3.8, 4) is 0 Å². The fourth-order valence-electron chi connectivity index (χ4n) is 5.12. The van der Waals surface area contributed by atoms with E-state index in [0.717, 1.165) is 48.9 Å². The van der Waals surface area contributed by atoms with Crippen LogP contribution in [-0.2, 0) is 31.3 Å². The highest BCUT2D eigenvalue weighted by Crippen LogP contribution is 2.47. The van der Waals surface area contributed by atoms with Crippen LogP contribution in [0.25, 0.3) is 0 Å². The van der Waals surface area contributed by atoms with Gasteiger partial charge in [0.1, 0.15) is 0 Å². The zero-order valence-corrected chi connectivity index (χ0v) is 25.6. The van der Waals surface area contributed by atoms with Gasteiger partial charge in [0.15, 0.2) is 6.10 Å². The van der Waals surface area contributed by atoms with E-state index in [1.54, 1.807) is 31.2 Å². The monoisotopic (exact) mass is 600 g/mol. The molecule has 0 heterocycles. The molecule has 0 amide bonds. The fourth-order valence-corrected chi connectivity index (χ4v) is 7.44. The third-order valence-corrected chi connectivity index (χ3v) is 10.1. The Morgan fingerprint density at radius 1 is 1.07 bits per heavy atom. The molecule has 3 atom stereocenters. The minimum absolute atomic E-state index is 0.160. The topological polar surface area (TPSA) is 90.8 Å². The molecule has 1 fully saturated rings. The van der Waals surface area contributed by atoms with Gasteiger partial charge in [0.05, 0.1) is 16.6 Å².